The Hall–Kier alpha value is -1.39. The summed E-state index contributed by atoms with van der Waals surface area (Å²) in [7, 11) is 0. The van der Waals surface area contributed by atoms with Gasteiger partial charge in [0.2, 0.25) is 0 Å². The van der Waals surface area contributed by atoms with Gasteiger partial charge in [0.15, 0.2) is 0 Å². The molecule has 1 fully saturated rings. The lowest BCUT2D eigenvalue weighted by atomic mass is 9.82. The highest BCUT2D eigenvalue weighted by atomic mass is 16.5. The van der Waals surface area contributed by atoms with Crippen molar-refractivity contribution in [3.05, 3.63) is 29.8 Å². The molecule has 1 aromatic carbocycles. The SMILES string of the molecule is CC(=O)Oc1ccc(CN2CCCC(C)(CO)C2)cc1. The zero-order valence-electron chi connectivity index (χ0n) is 12.3. The van der Waals surface area contributed by atoms with Crippen LogP contribution in [0.3, 0.4) is 0 Å². The van der Waals surface area contributed by atoms with Gasteiger partial charge in [0, 0.05) is 32.0 Å². The number of aliphatic hydroxyl groups excluding tert-OH is 1. The second-order valence-corrected chi connectivity index (χ2v) is 6.02. The molecular formula is C16H23NO3. The average molecular weight is 277 g/mol. The molecule has 1 N–H and O–H groups in total. The van der Waals surface area contributed by atoms with Crippen molar-refractivity contribution in [1.82, 2.24) is 4.90 Å². The van der Waals surface area contributed by atoms with Gasteiger partial charge in [0.05, 0.1) is 0 Å². The third-order valence-electron chi connectivity index (χ3n) is 3.83. The molecule has 0 radical (unpaired) electrons. The molecule has 1 aromatic rings. The van der Waals surface area contributed by atoms with E-state index in [1.54, 1.807) is 0 Å². The Balaban J connectivity index is 1.94. The van der Waals surface area contributed by atoms with Gasteiger partial charge in [0.25, 0.3) is 0 Å². The summed E-state index contributed by atoms with van der Waals surface area (Å²) < 4.78 is 5.02. The largest absolute Gasteiger partial charge is 0.427 e. The summed E-state index contributed by atoms with van der Waals surface area (Å²) in [6.45, 7) is 6.65. The Morgan fingerprint density at radius 2 is 2.10 bits per heavy atom. The first-order valence-corrected chi connectivity index (χ1v) is 7.11. The quantitative estimate of drug-likeness (QED) is 0.677. The van der Waals surface area contributed by atoms with Crippen LogP contribution < -0.4 is 4.74 Å². The van der Waals surface area contributed by atoms with E-state index in [-0.39, 0.29) is 18.0 Å². The monoisotopic (exact) mass is 277 g/mol. The molecule has 0 bridgehead atoms. The van der Waals surface area contributed by atoms with Crippen molar-refractivity contribution in [2.24, 2.45) is 5.41 Å². The average Bonchev–Trinajstić information content (AvgIpc) is 2.41. The Morgan fingerprint density at radius 1 is 1.40 bits per heavy atom. The maximum absolute atomic E-state index is 10.9. The van der Waals surface area contributed by atoms with Crippen LogP contribution in [-0.4, -0.2) is 35.7 Å². The fourth-order valence-corrected chi connectivity index (χ4v) is 2.78. The van der Waals surface area contributed by atoms with E-state index < -0.39 is 0 Å². The van der Waals surface area contributed by atoms with E-state index in [1.807, 2.05) is 24.3 Å². The van der Waals surface area contributed by atoms with E-state index in [1.165, 1.54) is 12.5 Å². The number of esters is 1. The molecular weight excluding hydrogens is 254 g/mol. The van der Waals surface area contributed by atoms with Crippen LogP contribution in [-0.2, 0) is 11.3 Å². The van der Waals surface area contributed by atoms with Gasteiger partial charge in [0.1, 0.15) is 5.75 Å². The molecule has 4 nitrogen and oxygen atoms in total. The molecule has 110 valence electrons. The minimum atomic E-state index is -0.299. The Labute approximate surface area is 120 Å². The molecule has 1 unspecified atom stereocenters. The molecule has 1 aliphatic rings. The fraction of sp³-hybridized carbons (Fsp3) is 0.562. The highest BCUT2D eigenvalue weighted by molar-refractivity contribution is 5.69. The Kier molecular flexibility index (Phi) is 4.78. The minimum Gasteiger partial charge on any atom is -0.427 e. The van der Waals surface area contributed by atoms with Crippen LogP contribution in [0.5, 0.6) is 5.75 Å². The van der Waals surface area contributed by atoms with Crippen LogP contribution in [0.25, 0.3) is 0 Å². The number of likely N-dealkylation sites (tertiary alicyclic amines) is 1. The maximum atomic E-state index is 10.9. The molecule has 1 aliphatic heterocycles. The third-order valence-corrected chi connectivity index (χ3v) is 3.83. The molecule has 2 rings (SSSR count). The normalized spacial score (nSPS) is 23.6. The standard InChI is InChI=1S/C16H23NO3/c1-13(19)20-15-6-4-14(5-7-15)10-17-9-3-8-16(2,11-17)12-18/h4-7,18H,3,8-12H2,1-2H3. The van der Waals surface area contributed by atoms with Crippen molar-refractivity contribution in [2.75, 3.05) is 19.7 Å². The second-order valence-electron chi connectivity index (χ2n) is 6.02. The molecule has 0 saturated carbocycles. The van der Waals surface area contributed by atoms with Gasteiger partial charge in [-0.05, 0) is 37.1 Å². The zero-order chi connectivity index (χ0) is 14.6. The number of piperidine rings is 1. The summed E-state index contributed by atoms with van der Waals surface area (Å²) in [6.07, 6.45) is 2.22. The van der Waals surface area contributed by atoms with E-state index in [2.05, 4.69) is 11.8 Å². The topological polar surface area (TPSA) is 49.8 Å². The number of aliphatic hydroxyl groups is 1. The number of rotatable bonds is 4. The predicted molar refractivity (Wildman–Crippen MR) is 77.5 cm³/mol. The van der Waals surface area contributed by atoms with Crippen LogP contribution in [0.4, 0.5) is 0 Å². The van der Waals surface area contributed by atoms with Crippen molar-refractivity contribution < 1.29 is 14.6 Å². The van der Waals surface area contributed by atoms with Gasteiger partial charge in [-0.25, -0.2) is 0 Å². The molecule has 4 heteroatoms. The molecule has 1 heterocycles. The van der Waals surface area contributed by atoms with Crippen LogP contribution >= 0.6 is 0 Å². The van der Waals surface area contributed by atoms with Crippen LogP contribution in [0.1, 0.15) is 32.3 Å². The van der Waals surface area contributed by atoms with Crippen molar-refractivity contribution in [1.29, 1.82) is 0 Å². The van der Waals surface area contributed by atoms with E-state index in [0.29, 0.717) is 5.75 Å². The lowest BCUT2D eigenvalue weighted by molar-refractivity contribution is -0.131. The van der Waals surface area contributed by atoms with Crippen LogP contribution in [0.2, 0.25) is 0 Å². The summed E-state index contributed by atoms with van der Waals surface area (Å²) in [6, 6.07) is 7.63. The molecule has 20 heavy (non-hydrogen) atoms. The van der Waals surface area contributed by atoms with E-state index in [4.69, 9.17) is 4.74 Å². The van der Waals surface area contributed by atoms with Gasteiger partial charge in [-0.2, -0.15) is 0 Å². The number of benzene rings is 1. The Morgan fingerprint density at radius 3 is 2.70 bits per heavy atom. The van der Waals surface area contributed by atoms with E-state index >= 15 is 0 Å². The fourth-order valence-electron chi connectivity index (χ4n) is 2.78. The van der Waals surface area contributed by atoms with Gasteiger partial charge in [-0.3, -0.25) is 9.69 Å². The van der Waals surface area contributed by atoms with Crippen molar-refractivity contribution >= 4 is 5.97 Å². The second kappa shape index (κ2) is 6.37. The van der Waals surface area contributed by atoms with Crippen LogP contribution in [0, 0.1) is 5.41 Å². The summed E-state index contributed by atoms with van der Waals surface area (Å²) >= 11 is 0. The predicted octanol–water partition coefficient (Wildman–Crippen LogP) is 2.21. The third kappa shape index (κ3) is 4.05. The molecule has 0 aromatic heterocycles. The lowest BCUT2D eigenvalue weighted by Gasteiger charge is -2.39. The summed E-state index contributed by atoms with van der Waals surface area (Å²) in [5, 5.41) is 9.48. The van der Waals surface area contributed by atoms with Gasteiger partial charge >= 0.3 is 5.97 Å². The van der Waals surface area contributed by atoms with Gasteiger partial charge in [-0.15, -0.1) is 0 Å². The highest BCUT2D eigenvalue weighted by Crippen LogP contribution is 2.29. The van der Waals surface area contributed by atoms with Crippen LogP contribution in [0.15, 0.2) is 24.3 Å². The smallest absolute Gasteiger partial charge is 0.308 e. The number of ether oxygens (including phenoxy) is 1. The Bertz CT molecular complexity index is 457. The first-order chi connectivity index (χ1) is 9.50. The zero-order valence-corrected chi connectivity index (χ0v) is 12.3. The van der Waals surface area contributed by atoms with E-state index in [9.17, 15) is 9.90 Å². The summed E-state index contributed by atoms with van der Waals surface area (Å²) in [5.74, 6) is 0.285. The van der Waals surface area contributed by atoms with Gasteiger partial charge in [-0.1, -0.05) is 19.1 Å². The number of hydrogen-bond acceptors (Lipinski definition) is 4. The summed E-state index contributed by atoms with van der Waals surface area (Å²) in [4.78, 5) is 13.2. The molecule has 1 atom stereocenters. The number of carbonyl (C=O) groups is 1. The molecule has 0 amide bonds. The lowest BCUT2D eigenvalue weighted by Crippen LogP contribution is -2.43. The number of nitrogens with zero attached hydrogens (tertiary/aromatic N) is 1. The molecule has 1 saturated heterocycles. The number of hydrogen-bond donors (Lipinski definition) is 1. The highest BCUT2D eigenvalue weighted by Gasteiger charge is 2.30. The maximum Gasteiger partial charge on any atom is 0.308 e. The van der Waals surface area contributed by atoms with Gasteiger partial charge < -0.3 is 9.84 Å². The van der Waals surface area contributed by atoms with E-state index in [0.717, 1.165) is 32.5 Å². The summed E-state index contributed by atoms with van der Waals surface area (Å²) in [5.41, 5.74) is 1.22. The first kappa shape index (κ1) is 15.0. The van der Waals surface area contributed by atoms with Crippen molar-refractivity contribution in [3.8, 4) is 5.75 Å². The van der Waals surface area contributed by atoms with Crippen molar-refractivity contribution in [2.45, 2.75) is 33.2 Å². The molecule has 0 spiro atoms. The van der Waals surface area contributed by atoms with Crippen molar-refractivity contribution in [3.63, 3.8) is 0 Å². The minimum absolute atomic E-state index is 0.0237. The number of carbonyl (C=O) groups excluding carboxylic acids is 1. The molecule has 0 aliphatic carbocycles. The first-order valence-electron chi connectivity index (χ1n) is 7.11.